The Hall–Kier alpha value is -2.15. The first-order valence-electron chi connectivity index (χ1n) is 10.6. The summed E-state index contributed by atoms with van der Waals surface area (Å²) in [6.07, 6.45) is 11.1. The summed E-state index contributed by atoms with van der Waals surface area (Å²) >= 11 is 0. The molecule has 0 radical (unpaired) electrons. The summed E-state index contributed by atoms with van der Waals surface area (Å²) in [7, 11) is 0. The van der Waals surface area contributed by atoms with Crippen LogP contribution in [0.25, 0.3) is 0 Å². The molecule has 2 saturated carbocycles. The van der Waals surface area contributed by atoms with Crippen LogP contribution in [0, 0.1) is 40.8 Å². The zero-order chi connectivity index (χ0) is 20.1. The number of hydrogen-bond acceptors (Lipinski definition) is 2. The van der Waals surface area contributed by atoms with Crippen molar-refractivity contribution in [3.63, 3.8) is 0 Å². The van der Waals surface area contributed by atoms with Crippen LogP contribution in [0.1, 0.15) is 74.8 Å². The molecule has 0 amide bonds. The smallest absolute Gasteiger partial charge is 0.307 e. The molecule has 2 fully saturated rings. The Morgan fingerprint density at radius 1 is 1.18 bits per heavy atom. The first-order chi connectivity index (χ1) is 13.5. The van der Waals surface area contributed by atoms with E-state index < -0.39 is 11.8 Å². The highest BCUT2D eigenvalue weighted by molar-refractivity contribution is 5.70. The average molecular weight is 384 g/mol. The number of rotatable bonds is 6. The van der Waals surface area contributed by atoms with Gasteiger partial charge in [-0.2, -0.15) is 5.26 Å². The van der Waals surface area contributed by atoms with Crippen molar-refractivity contribution in [3.05, 3.63) is 47.8 Å². The highest BCUT2D eigenvalue weighted by atomic mass is 19.1. The number of nitrogens with zero attached hydrogens (tertiary/aromatic N) is 1. The minimum absolute atomic E-state index is 0.116. The third-order valence-corrected chi connectivity index (χ3v) is 7.15. The highest BCUT2D eigenvalue weighted by Gasteiger charge is 2.35. The molecular formula is C24H30FNO2. The van der Waals surface area contributed by atoms with Crippen LogP contribution in [0.4, 0.5) is 4.39 Å². The van der Waals surface area contributed by atoms with Crippen molar-refractivity contribution < 1.29 is 14.3 Å². The van der Waals surface area contributed by atoms with Gasteiger partial charge in [0, 0.05) is 0 Å². The lowest BCUT2D eigenvalue weighted by Crippen LogP contribution is -2.30. The molecule has 1 unspecified atom stereocenters. The van der Waals surface area contributed by atoms with Crippen molar-refractivity contribution in [1.29, 1.82) is 5.26 Å². The topological polar surface area (TPSA) is 61.1 Å². The van der Waals surface area contributed by atoms with Crippen LogP contribution in [0.3, 0.4) is 0 Å². The van der Waals surface area contributed by atoms with E-state index in [-0.39, 0.29) is 17.4 Å². The number of hydrogen-bond donors (Lipinski definition) is 1. The van der Waals surface area contributed by atoms with Gasteiger partial charge >= 0.3 is 5.97 Å². The van der Waals surface area contributed by atoms with Crippen LogP contribution < -0.4 is 0 Å². The predicted molar refractivity (Wildman–Crippen MR) is 107 cm³/mol. The van der Waals surface area contributed by atoms with Gasteiger partial charge in [-0.25, -0.2) is 4.39 Å². The molecule has 28 heavy (non-hydrogen) atoms. The second-order valence-electron chi connectivity index (χ2n) is 8.61. The predicted octanol–water partition coefficient (Wildman–Crippen LogP) is 6.05. The number of aliphatic carboxylic acids is 1. The lowest BCUT2D eigenvalue weighted by atomic mass is 9.66. The van der Waals surface area contributed by atoms with Crippen LogP contribution in [0.2, 0.25) is 0 Å². The molecular weight excluding hydrogens is 353 g/mol. The second-order valence-corrected chi connectivity index (χ2v) is 8.61. The number of carboxylic acids is 1. The van der Waals surface area contributed by atoms with E-state index in [9.17, 15) is 14.3 Å². The van der Waals surface area contributed by atoms with Crippen LogP contribution >= 0.6 is 0 Å². The molecule has 1 aromatic rings. The van der Waals surface area contributed by atoms with E-state index in [0.29, 0.717) is 24.2 Å². The van der Waals surface area contributed by atoms with Crippen molar-refractivity contribution in [2.75, 3.05) is 0 Å². The van der Waals surface area contributed by atoms with Crippen molar-refractivity contribution in [2.24, 2.45) is 23.7 Å². The Kier molecular flexibility index (Phi) is 6.88. The summed E-state index contributed by atoms with van der Waals surface area (Å²) in [5.41, 5.74) is 1.14. The van der Waals surface area contributed by atoms with E-state index in [4.69, 9.17) is 5.26 Å². The Labute approximate surface area is 167 Å². The summed E-state index contributed by atoms with van der Waals surface area (Å²) < 4.78 is 13.9. The normalized spacial score (nSPS) is 28.9. The van der Waals surface area contributed by atoms with Crippen molar-refractivity contribution >= 4 is 5.97 Å². The van der Waals surface area contributed by atoms with Gasteiger partial charge in [0.25, 0.3) is 0 Å². The maximum atomic E-state index is 13.9. The number of halogens is 1. The third-order valence-electron chi connectivity index (χ3n) is 7.15. The number of allylic oxidation sites excluding steroid dienone is 1. The van der Waals surface area contributed by atoms with E-state index >= 15 is 0 Å². The maximum Gasteiger partial charge on any atom is 0.307 e. The number of carboxylic acid groups (broad SMARTS) is 1. The molecule has 0 heterocycles. The molecule has 2 aliphatic rings. The van der Waals surface area contributed by atoms with Crippen molar-refractivity contribution in [1.82, 2.24) is 0 Å². The fraction of sp³-hybridized carbons (Fsp3) is 0.583. The van der Waals surface area contributed by atoms with Crippen LogP contribution in [-0.4, -0.2) is 11.1 Å². The van der Waals surface area contributed by atoms with E-state index in [2.05, 4.69) is 6.58 Å². The molecule has 150 valence electrons. The molecule has 4 heteroatoms. The molecule has 1 atom stereocenters. The Bertz CT molecular complexity index is 737. The quantitative estimate of drug-likeness (QED) is 0.608. The first kappa shape index (κ1) is 20.6. The molecule has 0 saturated heterocycles. The monoisotopic (exact) mass is 383 g/mol. The van der Waals surface area contributed by atoms with E-state index in [1.807, 2.05) is 12.1 Å². The first-order valence-corrected chi connectivity index (χ1v) is 10.6. The van der Waals surface area contributed by atoms with E-state index in [1.54, 1.807) is 18.2 Å². The number of nitriles is 1. The number of carbonyl (C=O) groups is 1. The van der Waals surface area contributed by atoms with Crippen LogP contribution in [0.15, 0.2) is 30.9 Å². The second kappa shape index (κ2) is 9.37. The molecule has 0 aromatic heterocycles. The fourth-order valence-corrected chi connectivity index (χ4v) is 5.49. The molecule has 3 nitrogen and oxygen atoms in total. The SMILES string of the molecule is C=CCC(C(=O)O)C1CCC(C2CCC(c3ccc(C#N)c(F)c3)CC2)CC1. The molecule has 0 aliphatic heterocycles. The van der Waals surface area contributed by atoms with Crippen molar-refractivity contribution in [3.8, 4) is 6.07 Å². The fourth-order valence-electron chi connectivity index (χ4n) is 5.49. The van der Waals surface area contributed by atoms with Gasteiger partial charge in [-0.05, 0) is 99.2 Å². The lowest BCUT2D eigenvalue weighted by Gasteiger charge is -2.39. The Morgan fingerprint density at radius 3 is 2.29 bits per heavy atom. The van der Waals surface area contributed by atoms with Crippen LogP contribution in [0.5, 0.6) is 0 Å². The minimum atomic E-state index is -0.682. The van der Waals surface area contributed by atoms with Gasteiger partial charge in [-0.15, -0.1) is 6.58 Å². The molecule has 1 aromatic carbocycles. The molecule has 3 rings (SSSR count). The van der Waals surface area contributed by atoms with Crippen molar-refractivity contribution in [2.45, 2.75) is 63.7 Å². The Balaban J connectivity index is 1.51. The van der Waals surface area contributed by atoms with Gasteiger partial charge in [-0.1, -0.05) is 12.1 Å². The highest BCUT2D eigenvalue weighted by Crippen LogP contribution is 2.45. The maximum absolute atomic E-state index is 13.9. The summed E-state index contributed by atoms with van der Waals surface area (Å²) in [4.78, 5) is 11.5. The van der Waals surface area contributed by atoms with E-state index in [0.717, 1.165) is 56.9 Å². The summed E-state index contributed by atoms with van der Waals surface area (Å²) in [5.74, 6) is 0.714. The molecule has 0 bridgehead atoms. The Morgan fingerprint density at radius 2 is 1.79 bits per heavy atom. The molecule has 2 aliphatic carbocycles. The van der Waals surface area contributed by atoms with Crippen LogP contribution in [-0.2, 0) is 4.79 Å². The van der Waals surface area contributed by atoms with Gasteiger partial charge in [0.2, 0.25) is 0 Å². The lowest BCUT2D eigenvalue weighted by molar-refractivity contribution is -0.144. The summed E-state index contributed by atoms with van der Waals surface area (Å²) in [6, 6.07) is 6.93. The number of benzene rings is 1. The zero-order valence-electron chi connectivity index (χ0n) is 16.4. The standard InChI is InChI=1S/C24H30FNO2/c1-2-3-22(24(27)28)19-10-8-17(9-11-19)16-4-6-18(7-5-16)20-12-13-21(15-26)23(25)14-20/h2,12-14,16-19,22H,1,3-11H2,(H,27,28). The molecule has 1 N–H and O–H groups in total. The van der Waals surface area contributed by atoms with Gasteiger partial charge in [0.15, 0.2) is 0 Å². The summed E-state index contributed by atoms with van der Waals surface area (Å²) in [5, 5.41) is 18.4. The summed E-state index contributed by atoms with van der Waals surface area (Å²) in [6.45, 7) is 3.71. The van der Waals surface area contributed by atoms with Gasteiger partial charge in [0.1, 0.15) is 11.9 Å². The minimum Gasteiger partial charge on any atom is -0.481 e. The third kappa shape index (κ3) is 4.63. The zero-order valence-corrected chi connectivity index (χ0v) is 16.4. The average Bonchev–Trinajstić information content (AvgIpc) is 2.72. The van der Waals surface area contributed by atoms with Gasteiger partial charge in [-0.3, -0.25) is 4.79 Å². The van der Waals surface area contributed by atoms with E-state index in [1.165, 1.54) is 0 Å². The van der Waals surface area contributed by atoms with Gasteiger partial charge in [0.05, 0.1) is 11.5 Å². The van der Waals surface area contributed by atoms with Gasteiger partial charge < -0.3 is 5.11 Å². The molecule has 0 spiro atoms. The largest absolute Gasteiger partial charge is 0.481 e.